The van der Waals surface area contributed by atoms with Crippen LogP contribution in [0.1, 0.15) is 32.8 Å². The van der Waals surface area contributed by atoms with Crippen LogP contribution in [0.25, 0.3) is 0 Å². The number of nitrogens with zero attached hydrogens (tertiary/aromatic N) is 1. The van der Waals surface area contributed by atoms with Gasteiger partial charge in [-0.3, -0.25) is 14.9 Å². The first-order chi connectivity index (χ1) is 12.3. The molecule has 0 radical (unpaired) electrons. The second kappa shape index (κ2) is 10.6. The average molecular weight is 368 g/mol. The van der Waals surface area contributed by atoms with Gasteiger partial charge in [0.15, 0.2) is 11.5 Å². The topological polar surface area (TPSA) is 99.9 Å². The van der Waals surface area contributed by atoms with Gasteiger partial charge in [-0.1, -0.05) is 13.8 Å². The minimum absolute atomic E-state index is 0.0712. The first-order valence-electron chi connectivity index (χ1n) is 8.58. The van der Waals surface area contributed by atoms with Gasteiger partial charge in [0.1, 0.15) is 6.10 Å². The molecule has 0 heterocycles. The Hall–Kier alpha value is -2.35. The number of hydrogen-bond donors (Lipinski definition) is 1. The zero-order valence-corrected chi connectivity index (χ0v) is 16.0. The lowest BCUT2D eigenvalue weighted by molar-refractivity contribution is -0.385. The van der Waals surface area contributed by atoms with Gasteiger partial charge < -0.3 is 19.5 Å². The van der Waals surface area contributed by atoms with Gasteiger partial charge in [-0.25, -0.2) is 0 Å². The molecule has 1 aromatic carbocycles. The van der Waals surface area contributed by atoms with Crippen molar-refractivity contribution >= 4 is 11.6 Å². The van der Waals surface area contributed by atoms with Crippen molar-refractivity contribution in [3.63, 3.8) is 0 Å². The largest absolute Gasteiger partial charge is 0.493 e. The van der Waals surface area contributed by atoms with E-state index in [2.05, 4.69) is 19.2 Å². The van der Waals surface area contributed by atoms with Gasteiger partial charge in [-0.05, 0) is 31.7 Å². The molecular weight excluding hydrogens is 340 g/mol. The van der Waals surface area contributed by atoms with E-state index in [1.54, 1.807) is 13.0 Å². The van der Waals surface area contributed by atoms with E-state index in [0.717, 1.165) is 6.42 Å². The number of carbonyl (C=O) groups excluding carboxylic acids is 1. The molecule has 1 rings (SSSR count). The van der Waals surface area contributed by atoms with E-state index in [1.165, 1.54) is 20.3 Å². The second-order valence-electron chi connectivity index (χ2n) is 6.33. The third-order valence-corrected chi connectivity index (χ3v) is 3.91. The van der Waals surface area contributed by atoms with Crippen LogP contribution >= 0.6 is 0 Å². The molecular formula is C18H28N2O6. The first-order valence-corrected chi connectivity index (χ1v) is 8.58. The summed E-state index contributed by atoms with van der Waals surface area (Å²) in [5.41, 5.74) is 0.388. The fourth-order valence-electron chi connectivity index (χ4n) is 2.30. The van der Waals surface area contributed by atoms with Crippen molar-refractivity contribution in [2.24, 2.45) is 5.92 Å². The van der Waals surface area contributed by atoms with Crippen LogP contribution in [0.5, 0.6) is 11.5 Å². The predicted octanol–water partition coefficient (Wildman–Crippen LogP) is 2.72. The van der Waals surface area contributed by atoms with E-state index in [1.807, 2.05) is 0 Å². The van der Waals surface area contributed by atoms with Gasteiger partial charge in [-0.2, -0.15) is 0 Å². The summed E-state index contributed by atoms with van der Waals surface area (Å²) >= 11 is 0. The van der Waals surface area contributed by atoms with Crippen LogP contribution in [0.4, 0.5) is 5.69 Å². The molecule has 0 spiro atoms. The summed E-state index contributed by atoms with van der Waals surface area (Å²) in [7, 11) is 2.88. The summed E-state index contributed by atoms with van der Waals surface area (Å²) in [6.07, 6.45) is 0.616. The Morgan fingerprint density at radius 1 is 1.19 bits per heavy atom. The number of methoxy groups -OCH3 is 2. The van der Waals surface area contributed by atoms with Gasteiger partial charge in [0.05, 0.1) is 25.2 Å². The van der Waals surface area contributed by atoms with Crippen LogP contribution in [0, 0.1) is 16.0 Å². The number of nitro groups is 1. The van der Waals surface area contributed by atoms with Gasteiger partial charge in [0.2, 0.25) is 5.91 Å². The summed E-state index contributed by atoms with van der Waals surface area (Å²) in [5.74, 6) is 0.969. The summed E-state index contributed by atoms with van der Waals surface area (Å²) in [6, 6.07) is 2.89. The monoisotopic (exact) mass is 368 g/mol. The van der Waals surface area contributed by atoms with Crippen LogP contribution in [-0.4, -0.2) is 44.3 Å². The van der Waals surface area contributed by atoms with Crippen LogP contribution in [0.15, 0.2) is 12.1 Å². The molecule has 1 aromatic rings. The summed E-state index contributed by atoms with van der Waals surface area (Å²) in [6.45, 7) is 6.64. The number of nitro benzene ring substituents is 1. The number of hydrogen-bond acceptors (Lipinski definition) is 6. The van der Waals surface area contributed by atoms with Crippen molar-refractivity contribution in [2.75, 3.05) is 27.4 Å². The maximum absolute atomic E-state index is 12.0. The molecule has 0 saturated heterocycles. The lowest BCUT2D eigenvalue weighted by Gasteiger charge is -2.15. The van der Waals surface area contributed by atoms with Crippen LogP contribution in [0.3, 0.4) is 0 Å². The Labute approximate surface area is 154 Å². The number of carbonyl (C=O) groups is 1. The maximum atomic E-state index is 12.0. The molecule has 0 aromatic heterocycles. The molecule has 0 aliphatic carbocycles. The molecule has 0 aliphatic heterocycles. The molecule has 0 bridgehead atoms. The minimum Gasteiger partial charge on any atom is -0.493 e. The Morgan fingerprint density at radius 2 is 1.81 bits per heavy atom. The standard InChI is InChI=1S/C18H28N2O6/c1-12(2)7-9-26-13(3)18(21)19-8-6-14-10-16(24-4)17(25-5)11-15(14)20(22)23/h10-13H,6-9H2,1-5H3,(H,19,21)/t13-/m0/s1. The fourth-order valence-corrected chi connectivity index (χ4v) is 2.30. The van der Waals surface area contributed by atoms with E-state index in [0.29, 0.717) is 36.0 Å². The zero-order valence-electron chi connectivity index (χ0n) is 16.0. The Balaban J connectivity index is 2.66. The van der Waals surface area contributed by atoms with Crippen molar-refractivity contribution in [3.05, 3.63) is 27.8 Å². The second-order valence-corrected chi connectivity index (χ2v) is 6.33. The first kappa shape index (κ1) is 21.7. The van der Waals surface area contributed by atoms with Crippen LogP contribution < -0.4 is 14.8 Å². The SMILES string of the molecule is COc1cc(CCNC(=O)[C@H](C)OCCC(C)C)c([N+](=O)[O-])cc1OC. The highest BCUT2D eigenvalue weighted by Crippen LogP contribution is 2.34. The van der Waals surface area contributed by atoms with E-state index < -0.39 is 11.0 Å². The highest BCUT2D eigenvalue weighted by Gasteiger charge is 2.20. The lowest BCUT2D eigenvalue weighted by Crippen LogP contribution is -2.36. The molecule has 1 atom stereocenters. The maximum Gasteiger partial charge on any atom is 0.276 e. The Morgan fingerprint density at radius 3 is 2.35 bits per heavy atom. The van der Waals surface area contributed by atoms with Crippen molar-refractivity contribution in [3.8, 4) is 11.5 Å². The van der Waals surface area contributed by atoms with Crippen molar-refractivity contribution in [1.82, 2.24) is 5.32 Å². The van der Waals surface area contributed by atoms with E-state index in [4.69, 9.17) is 14.2 Å². The van der Waals surface area contributed by atoms with Crippen molar-refractivity contribution in [2.45, 2.75) is 39.7 Å². The van der Waals surface area contributed by atoms with Gasteiger partial charge in [0, 0.05) is 18.7 Å². The molecule has 0 unspecified atom stereocenters. The number of rotatable bonds is 11. The Kier molecular flexibility index (Phi) is 8.84. The summed E-state index contributed by atoms with van der Waals surface area (Å²) in [5, 5.41) is 14.0. The molecule has 0 fully saturated rings. The Bertz CT molecular complexity index is 618. The molecule has 1 amide bonds. The van der Waals surface area contributed by atoms with Crippen molar-refractivity contribution < 1.29 is 23.9 Å². The minimum atomic E-state index is -0.561. The average Bonchev–Trinajstić information content (AvgIpc) is 2.60. The highest BCUT2D eigenvalue weighted by molar-refractivity contribution is 5.80. The van der Waals surface area contributed by atoms with Gasteiger partial charge in [0.25, 0.3) is 5.69 Å². The molecule has 146 valence electrons. The molecule has 8 nitrogen and oxygen atoms in total. The molecule has 0 saturated carbocycles. The molecule has 26 heavy (non-hydrogen) atoms. The summed E-state index contributed by atoms with van der Waals surface area (Å²) in [4.78, 5) is 22.8. The van der Waals surface area contributed by atoms with Crippen molar-refractivity contribution in [1.29, 1.82) is 0 Å². The summed E-state index contributed by atoms with van der Waals surface area (Å²) < 4.78 is 15.8. The lowest BCUT2D eigenvalue weighted by atomic mass is 10.1. The number of nitrogens with one attached hydrogen (secondary N) is 1. The van der Waals surface area contributed by atoms with E-state index in [9.17, 15) is 14.9 Å². The zero-order chi connectivity index (χ0) is 19.7. The third-order valence-electron chi connectivity index (χ3n) is 3.91. The highest BCUT2D eigenvalue weighted by atomic mass is 16.6. The van der Waals surface area contributed by atoms with Gasteiger partial charge in [-0.15, -0.1) is 0 Å². The molecule has 8 heteroatoms. The quantitative estimate of drug-likeness (QED) is 0.476. The predicted molar refractivity (Wildman–Crippen MR) is 97.8 cm³/mol. The fraction of sp³-hybridized carbons (Fsp3) is 0.611. The number of benzene rings is 1. The number of ether oxygens (including phenoxy) is 3. The normalized spacial score (nSPS) is 11.9. The smallest absolute Gasteiger partial charge is 0.276 e. The van der Waals surface area contributed by atoms with Crippen LogP contribution in [0.2, 0.25) is 0 Å². The van der Waals surface area contributed by atoms with E-state index in [-0.39, 0.29) is 18.1 Å². The van der Waals surface area contributed by atoms with Crippen LogP contribution in [-0.2, 0) is 16.0 Å². The molecule has 1 N–H and O–H groups in total. The number of amides is 1. The molecule has 0 aliphatic rings. The van der Waals surface area contributed by atoms with Gasteiger partial charge >= 0.3 is 0 Å². The van der Waals surface area contributed by atoms with E-state index >= 15 is 0 Å². The third kappa shape index (κ3) is 6.51.